The lowest BCUT2D eigenvalue weighted by Crippen LogP contribution is -2.48. The molecular formula is C23H32ClN3O3. The molecule has 1 amide bonds. The van der Waals surface area contributed by atoms with E-state index in [4.69, 9.17) is 9.47 Å². The number of piperidine rings is 1. The highest BCUT2D eigenvalue weighted by molar-refractivity contribution is 5.85. The van der Waals surface area contributed by atoms with Crippen LogP contribution >= 0.6 is 12.4 Å². The quantitative estimate of drug-likeness (QED) is 0.670. The van der Waals surface area contributed by atoms with Crippen molar-refractivity contribution in [2.45, 2.75) is 24.9 Å². The molecule has 3 rings (SSSR count). The van der Waals surface area contributed by atoms with Gasteiger partial charge in [0, 0.05) is 12.6 Å². The number of carbonyl (C=O) groups is 1. The first-order valence-corrected chi connectivity index (χ1v) is 10.1. The van der Waals surface area contributed by atoms with Gasteiger partial charge in [-0.15, -0.1) is 12.4 Å². The van der Waals surface area contributed by atoms with E-state index in [0.717, 1.165) is 48.6 Å². The Morgan fingerprint density at radius 2 is 1.57 bits per heavy atom. The summed E-state index contributed by atoms with van der Waals surface area (Å²) in [6.45, 7) is 2.27. The molecule has 2 N–H and O–H groups in total. The third-order valence-electron chi connectivity index (χ3n) is 5.48. The number of methoxy groups -OCH3 is 2. The monoisotopic (exact) mass is 433 g/mol. The van der Waals surface area contributed by atoms with Crippen molar-refractivity contribution in [1.29, 1.82) is 0 Å². The Morgan fingerprint density at radius 1 is 1.03 bits per heavy atom. The van der Waals surface area contributed by atoms with Gasteiger partial charge in [0.05, 0.1) is 26.8 Å². The van der Waals surface area contributed by atoms with E-state index in [1.54, 1.807) is 14.2 Å². The van der Waals surface area contributed by atoms with E-state index < -0.39 is 0 Å². The second-order valence-electron chi connectivity index (χ2n) is 7.41. The van der Waals surface area contributed by atoms with E-state index >= 15 is 0 Å². The summed E-state index contributed by atoms with van der Waals surface area (Å²) in [7, 11) is 5.28. The predicted octanol–water partition coefficient (Wildman–Crippen LogP) is 3.02. The van der Waals surface area contributed by atoms with Crippen molar-refractivity contribution in [3.8, 4) is 11.5 Å². The van der Waals surface area contributed by atoms with E-state index in [1.807, 2.05) is 55.6 Å². The Morgan fingerprint density at radius 3 is 2.03 bits per heavy atom. The van der Waals surface area contributed by atoms with Crippen molar-refractivity contribution in [2.75, 3.05) is 40.9 Å². The molecule has 2 aromatic rings. The number of likely N-dealkylation sites (N-methyl/N-ethyl adjacent to an activating group) is 1. The van der Waals surface area contributed by atoms with Crippen molar-refractivity contribution >= 4 is 18.3 Å². The van der Waals surface area contributed by atoms with Crippen LogP contribution in [0.4, 0.5) is 0 Å². The molecule has 30 heavy (non-hydrogen) atoms. The molecule has 1 atom stereocenters. The smallest absolute Gasteiger partial charge is 0.234 e. The summed E-state index contributed by atoms with van der Waals surface area (Å²) >= 11 is 0. The second-order valence-corrected chi connectivity index (χ2v) is 7.41. The highest BCUT2D eigenvalue weighted by Gasteiger charge is 2.23. The highest BCUT2D eigenvalue weighted by atomic mass is 35.5. The number of nitrogens with one attached hydrogen (secondary N) is 2. The molecule has 0 saturated carbocycles. The number of hydrogen-bond acceptors (Lipinski definition) is 5. The number of amides is 1. The van der Waals surface area contributed by atoms with Gasteiger partial charge in [-0.1, -0.05) is 24.3 Å². The number of rotatable bonds is 8. The van der Waals surface area contributed by atoms with Gasteiger partial charge in [-0.25, -0.2) is 0 Å². The largest absolute Gasteiger partial charge is 0.497 e. The number of nitrogens with zero attached hydrogens (tertiary/aromatic N) is 1. The van der Waals surface area contributed by atoms with E-state index in [-0.39, 0.29) is 24.4 Å². The molecule has 1 aliphatic rings. The van der Waals surface area contributed by atoms with Gasteiger partial charge in [-0.3, -0.25) is 9.69 Å². The Bertz CT molecular complexity index is 736. The number of ether oxygens (including phenoxy) is 2. The van der Waals surface area contributed by atoms with Gasteiger partial charge in [-0.05, 0) is 61.8 Å². The maximum atomic E-state index is 12.9. The molecule has 7 heteroatoms. The van der Waals surface area contributed by atoms with E-state index in [2.05, 4.69) is 15.5 Å². The molecule has 1 saturated heterocycles. The third kappa shape index (κ3) is 6.36. The van der Waals surface area contributed by atoms with Crippen LogP contribution in [0.2, 0.25) is 0 Å². The van der Waals surface area contributed by atoms with Gasteiger partial charge in [0.2, 0.25) is 5.91 Å². The molecule has 1 heterocycles. The minimum atomic E-state index is -0.232. The number of likely N-dealkylation sites (tertiary alicyclic amines) is 1. The molecule has 1 aliphatic heterocycles. The third-order valence-corrected chi connectivity index (χ3v) is 5.48. The number of benzene rings is 2. The molecule has 0 radical (unpaired) electrons. The van der Waals surface area contributed by atoms with Gasteiger partial charge in [0.25, 0.3) is 0 Å². The Kier molecular flexibility index (Phi) is 9.43. The van der Waals surface area contributed by atoms with Crippen LogP contribution in [0.3, 0.4) is 0 Å². The molecule has 1 fully saturated rings. The molecule has 6 nitrogen and oxygen atoms in total. The summed E-state index contributed by atoms with van der Waals surface area (Å²) in [5.41, 5.74) is 2.02. The van der Waals surface area contributed by atoms with Crippen molar-refractivity contribution in [2.24, 2.45) is 0 Å². The maximum Gasteiger partial charge on any atom is 0.234 e. The van der Waals surface area contributed by atoms with Crippen molar-refractivity contribution in [3.63, 3.8) is 0 Å². The number of hydrogen-bond donors (Lipinski definition) is 2. The summed E-state index contributed by atoms with van der Waals surface area (Å²) < 4.78 is 10.5. The normalized spacial score (nSPS) is 16.6. The molecule has 0 bridgehead atoms. The lowest BCUT2D eigenvalue weighted by molar-refractivity contribution is -0.123. The van der Waals surface area contributed by atoms with Crippen LogP contribution in [-0.4, -0.2) is 57.8 Å². The second kappa shape index (κ2) is 11.8. The molecule has 0 aliphatic carbocycles. The zero-order valence-corrected chi connectivity index (χ0v) is 18.7. The lowest BCUT2D eigenvalue weighted by atomic mass is 9.98. The lowest BCUT2D eigenvalue weighted by Gasteiger charge is -2.32. The summed E-state index contributed by atoms with van der Waals surface area (Å²) in [4.78, 5) is 15.1. The number of halogens is 1. The molecule has 0 spiro atoms. The molecule has 0 aromatic heterocycles. The van der Waals surface area contributed by atoms with Gasteiger partial charge in [-0.2, -0.15) is 0 Å². The van der Waals surface area contributed by atoms with Crippen LogP contribution in [0.5, 0.6) is 11.5 Å². The Hall–Kier alpha value is -2.28. The fraction of sp³-hybridized carbons (Fsp3) is 0.435. The van der Waals surface area contributed by atoms with Crippen molar-refractivity contribution < 1.29 is 14.3 Å². The first-order chi connectivity index (χ1) is 14.1. The van der Waals surface area contributed by atoms with Gasteiger partial charge < -0.3 is 20.1 Å². The van der Waals surface area contributed by atoms with Crippen LogP contribution in [0.25, 0.3) is 0 Å². The van der Waals surface area contributed by atoms with Crippen LogP contribution in [0.1, 0.15) is 30.0 Å². The standard InChI is InChI=1S/C23H31N3O3.ClH/c1-24-19-5-4-14-26(15-19)16-22(27)25-23(17-6-10-20(28-2)11-7-17)18-8-12-21(29-3)13-9-18;/h6-13,19,23-24H,4-5,14-16H2,1-3H3,(H,25,27);1H. The Labute approximate surface area is 185 Å². The molecular weight excluding hydrogens is 402 g/mol. The van der Waals surface area contributed by atoms with Crippen LogP contribution in [0, 0.1) is 0 Å². The van der Waals surface area contributed by atoms with E-state index in [9.17, 15) is 4.79 Å². The van der Waals surface area contributed by atoms with Crippen LogP contribution in [0.15, 0.2) is 48.5 Å². The zero-order chi connectivity index (χ0) is 20.6. The number of carbonyl (C=O) groups excluding carboxylic acids is 1. The average molecular weight is 434 g/mol. The van der Waals surface area contributed by atoms with E-state index in [0.29, 0.717) is 12.6 Å². The highest BCUT2D eigenvalue weighted by Crippen LogP contribution is 2.26. The minimum Gasteiger partial charge on any atom is -0.497 e. The molecule has 2 aromatic carbocycles. The van der Waals surface area contributed by atoms with Crippen molar-refractivity contribution in [1.82, 2.24) is 15.5 Å². The summed E-state index contributed by atoms with van der Waals surface area (Å²) in [6, 6.07) is 15.9. The summed E-state index contributed by atoms with van der Waals surface area (Å²) in [5, 5.41) is 6.55. The maximum absolute atomic E-state index is 12.9. The van der Waals surface area contributed by atoms with Crippen molar-refractivity contribution in [3.05, 3.63) is 59.7 Å². The fourth-order valence-corrected chi connectivity index (χ4v) is 3.80. The minimum absolute atomic E-state index is 0. The topological polar surface area (TPSA) is 62.8 Å². The predicted molar refractivity (Wildman–Crippen MR) is 122 cm³/mol. The zero-order valence-electron chi connectivity index (χ0n) is 17.9. The Balaban J connectivity index is 0.00000320. The molecule has 1 unspecified atom stereocenters. The first-order valence-electron chi connectivity index (χ1n) is 10.1. The first kappa shape index (κ1) is 24.0. The molecule has 164 valence electrons. The summed E-state index contributed by atoms with van der Waals surface area (Å²) in [6.07, 6.45) is 2.27. The summed E-state index contributed by atoms with van der Waals surface area (Å²) in [5.74, 6) is 1.61. The fourth-order valence-electron chi connectivity index (χ4n) is 3.80. The SMILES string of the molecule is CNC1CCCN(CC(=O)NC(c2ccc(OC)cc2)c2ccc(OC)cc2)C1.Cl. The van der Waals surface area contributed by atoms with Gasteiger partial charge in [0.1, 0.15) is 11.5 Å². The van der Waals surface area contributed by atoms with Crippen LogP contribution in [-0.2, 0) is 4.79 Å². The van der Waals surface area contributed by atoms with Gasteiger partial charge >= 0.3 is 0 Å². The van der Waals surface area contributed by atoms with Gasteiger partial charge in [0.15, 0.2) is 0 Å². The van der Waals surface area contributed by atoms with Crippen LogP contribution < -0.4 is 20.1 Å². The average Bonchev–Trinajstić information content (AvgIpc) is 2.78. The van der Waals surface area contributed by atoms with E-state index in [1.165, 1.54) is 0 Å².